The summed E-state index contributed by atoms with van der Waals surface area (Å²) in [7, 11) is 0. The van der Waals surface area contributed by atoms with Crippen LogP contribution in [0.4, 0.5) is 26.3 Å². The molecule has 0 spiro atoms. The van der Waals surface area contributed by atoms with E-state index in [9.17, 15) is 26.3 Å². The Hall–Kier alpha value is -2.35. The highest BCUT2D eigenvalue weighted by Gasteiger charge is 2.35. The summed E-state index contributed by atoms with van der Waals surface area (Å²) in [5.74, 6) is -2.61. The summed E-state index contributed by atoms with van der Waals surface area (Å²) >= 11 is 5.74. The van der Waals surface area contributed by atoms with Gasteiger partial charge in [-0.2, -0.15) is 22.0 Å². The molecule has 30 heavy (non-hydrogen) atoms. The number of ether oxygens (including phenoxy) is 2. The Balaban J connectivity index is 2.11. The Kier molecular flexibility index (Phi) is 8.06. The van der Waals surface area contributed by atoms with Crippen molar-refractivity contribution in [3.8, 4) is 11.5 Å². The maximum absolute atomic E-state index is 14.4. The molecule has 0 radical (unpaired) electrons. The molecule has 0 aliphatic carbocycles. The highest BCUT2D eigenvalue weighted by atomic mass is 35.5. The second-order valence-corrected chi connectivity index (χ2v) is 6.86. The molecule has 2 rings (SSSR count). The number of rotatable bonds is 9. The highest BCUT2D eigenvalue weighted by Crippen LogP contribution is 2.37. The summed E-state index contributed by atoms with van der Waals surface area (Å²) < 4.78 is 88.2. The van der Waals surface area contributed by atoms with Crippen molar-refractivity contribution in [3.63, 3.8) is 0 Å². The second-order valence-electron chi connectivity index (χ2n) is 6.45. The van der Waals surface area contributed by atoms with Gasteiger partial charge >= 0.3 is 12.3 Å². The predicted octanol–water partition coefficient (Wildman–Crippen LogP) is 7.79. The molecular formula is C21H19ClF6O2. The van der Waals surface area contributed by atoms with E-state index in [1.54, 1.807) is 12.1 Å². The number of unbranched alkanes of at least 4 members (excludes halogenated alkanes) is 2. The zero-order chi connectivity index (χ0) is 22.4. The van der Waals surface area contributed by atoms with Crippen molar-refractivity contribution >= 4 is 11.6 Å². The lowest BCUT2D eigenvalue weighted by Gasteiger charge is -2.19. The van der Waals surface area contributed by atoms with Crippen LogP contribution in [-0.4, -0.2) is 6.18 Å². The maximum atomic E-state index is 14.4. The Bertz CT molecular complexity index is 840. The van der Waals surface area contributed by atoms with Crippen molar-refractivity contribution in [2.75, 3.05) is 0 Å². The lowest BCUT2D eigenvalue weighted by molar-refractivity contribution is -0.185. The first kappa shape index (κ1) is 23.9. The topological polar surface area (TPSA) is 18.5 Å². The molecule has 0 atom stereocenters. The molecule has 0 aromatic heterocycles. The van der Waals surface area contributed by atoms with Crippen LogP contribution in [0.1, 0.15) is 37.3 Å². The molecule has 0 bridgehead atoms. The van der Waals surface area contributed by atoms with E-state index in [0.717, 1.165) is 37.3 Å². The van der Waals surface area contributed by atoms with Crippen molar-refractivity contribution in [2.45, 2.75) is 44.9 Å². The Morgan fingerprint density at radius 1 is 1.00 bits per heavy atom. The fourth-order valence-electron chi connectivity index (χ4n) is 2.54. The minimum atomic E-state index is -4.67. The molecule has 164 valence electrons. The summed E-state index contributed by atoms with van der Waals surface area (Å²) in [5, 5.41) is -0.529. The van der Waals surface area contributed by atoms with Gasteiger partial charge in [-0.3, -0.25) is 0 Å². The Morgan fingerprint density at radius 3 is 2.23 bits per heavy atom. The van der Waals surface area contributed by atoms with Crippen LogP contribution in [0.25, 0.3) is 0 Å². The van der Waals surface area contributed by atoms with Crippen molar-refractivity contribution < 1.29 is 35.8 Å². The number of allylic oxidation sites excluding steroid dienone is 1. The average molecular weight is 453 g/mol. The highest BCUT2D eigenvalue weighted by molar-refractivity contribution is 6.32. The first-order valence-corrected chi connectivity index (χ1v) is 9.46. The number of hydrogen-bond donors (Lipinski definition) is 0. The molecule has 0 amide bonds. The van der Waals surface area contributed by atoms with Crippen LogP contribution >= 0.6 is 11.6 Å². The van der Waals surface area contributed by atoms with Crippen LogP contribution in [0, 0.1) is 5.82 Å². The van der Waals surface area contributed by atoms with Crippen LogP contribution in [0.2, 0.25) is 5.02 Å². The van der Waals surface area contributed by atoms with Gasteiger partial charge < -0.3 is 9.47 Å². The van der Waals surface area contributed by atoms with Crippen molar-refractivity contribution in [1.82, 2.24) is 0 Å². The van der Waals surface area contributed by atoms with Crippen LogP contribution < -0.4 is 9.47 Å². The number of alkyl halides is 5. The first-order chi connectivity index (χ1) is 14.0. The van der Waals surface area contributed by atoms with E-state index in [-0.39, 0.29) is 12.3 Å². The van der Waals surface area contributed by atoms with E-state index in [1.165, 1.54) is 12.1 Å². The monoisotopic (exact) mass is 452 g/mol. The fraction of sp³-hybridized carbons (Fsp3) is 0.333. The smallest absolute Gasteiger partial charge is 0.426 e. The first-order valence-electron chi connectivity index (χ1n) is 9.08. The van der Waals surface area contributed by atoms with E-state index < -0.39 is 40.2 Å². The third kappa shape index (κ3) is 7.16. The van der Waals surface area contributed by atoms with Gasteiger partial charge in [0.1, 0.15) is 5.75 Å². The molecule has 0 heterocycles. The van der Waals surface area contributed by atoms with Gasteiger partial charge in [-0.1, -0.05) is 43.5 Å². The van der Waals surface area contributed by atoms with Crippen molar-refractivity contribution in [3.05, 3.63) is 70.7 Å². The summed E-state index contributed by atoms with van der Waals surface area (Å²) in [6, 6.07) is 6.96. The minimum absolute atomic E-state index is 0.196. The van der Waals surface area contributed by atoms with Gasteiger partial charge in [-0.05, 0) is 30.5 Å². The molecule has 0 fully saturated rings. The third-order valence-electron chi connectivity index (χ3n) is 4.02. The number of halogens is 7. The standard InChI is InChI=1S/C21H19ClF6O2/c1-2-3-4-5-14-6-8-15(9-7-14)21(27,28)30-16-12-17(22)19(18(23)13-16)29-11-10-20(24,25)26/h6-13H,2-5H2,1H3. The second kappa shape index (κ2) is 10.1. The summed E-state index contributed by atoms with van der Waals surface area (Å²) in [6.07, 6.45) is -4.71. The van der Waals surface area contributed by atoms with Crippen LogP contribution in [0.3, 0.4) is 0 Å². The molecule has 9 heteroatoms. The molecule has 2 nitrogen and oxygen atoms in total. The van der Waals surface area contributed by atoms with Crippen LogP contribution in [0.5, 0.6) is 11.5 Å². The Labute approximate surface area is 175 Å². The third-order valence-corrected chi connectivity index (χ3v) is 4.30. The van der Waals surface area contributed by atoms with Crippen LogP contribution in [-0.2, 0) is 12.5 Å². The molecule has 0 unspecified atom stereocenters. The van der Waals surface area contributed by atoms with Gasteiger partial charge in [0, 0.05) is 12.1 Å². The summed E-state index contributed by atoms with van der Waals surface area (Å²) in [6.45, 7) is 2.06. The van der Waals surface area contributed by atoms with E-state index in [2.05, 4.69) is 16.4 Å². The van der Waals surface area contributed by atoms with Crippen molar-refractivity contribution in [2.24, 2.45) is 0 Å². The lowest BCUT2D eigenvalue weighted by atomic mass is 10.1. The molecule has 0 N–H and O–H groups in total. The minimum Gasteiger partial charge on any atom is -0.460 e. The SMILES string of the molecule is CCCCCc1ccc(C(F)(F)Oc2cc(F)c(OC=CC(F)(F)F)c(Cl)c2)cc1. The van der Waals surface area contributed by atoms with Gasteiger partial charge in [0.05, 0.1) is 22.9 Å². The summed E-state index contributed by atoms with van der Waals surface area (Å²) in [4.78, 5) is 0. The molecule has 0 saturated heterocycles. The predicted molar refractivity (Wildman–Crippen MR) is 101 cm³/mol. The van der Waals surface area contributed by atoms with Crippen molar-refractivity contribution in [1.29, 1.82) is 0 Å². The van der Waals surface area contributed by atoms with Gasteiger partial charge in [0.25, 0.3) is 0 Å². The molecule has 0 saturated carbocycles. The largest absolute Gasteiger partial charge is 0.460 e. The molecule has 2 aromatic carbocycles. The van der Waals surface area contributed by atoms with E-state index >= 15 is 0 Å². The van der Waals surface area contributed by atoms with E-state index in [4.69, 9.17) is 11.6 Å². The maximum Gasteiger partial charge on any atom is 0.426 e. The summed E-state index contributed by atoms with van der Waals surface area (Å²) in [5.41, 5.74) is 0.470. The average Bonchev–Trinajstić information content (AvgIpc) is 2.63. The number of benzene rings is 2. The molecule has 0 aliphatic rings. The Morgan fingerprint density at radius 2 is 1.67 bits per heavy atom. The molecule has 2 aromatic rings. The zero-order valence-corrected chi connectivity index (χ0v) is 16.7. The molecular weight excluding hydrogens is 434 g/mol. The zero-order valence-electron chi connectivity index (χ0n) is 15.9. The quantitative estimate of drug-likeness (QED) is 0.219. The van der Waals surface area contributed by atoms with E-state index in [1.807, 2.05) is 0 Å². The number of aryl methyl sites for hydroxylation is 1. The lowest BCUT2D eigenvalue weighted by Crippen LogP contribution is -2.22. The van der Waals surface area contributed by atoms with E-state index in [0.29, 0.717) is 6.07 Å². The van der Waals surface area contributed by atoms with Gasteiger partial charge in [0.15, 0.2) is 11.6 Å². The van der Waals surface area contributed by atoms with Gasteiger partial charge in [-0.15, -0.1) is 0 Å². The normalized spacial score (nSPS) is 12.4. The van der Waals surface area contributed by atoms with Gasteiger partial charge in [0.2, 0.25) is 0 Å². The fourth-order valence-corrected chi connectivity index (χ4v) is 2.78. The number of hydrogen-bond acceptors (Lipinski definition) is 2. The van der Waals surface area contributed by atoms with Gasteiger partial charge in [-0.25, -0.2) is 4.39 Å². The van der Waals surface area contributed by atoms with Crippen LogP contribution in [0.15, 0.2) is 48.7 Å². The molecule has 0 aliphatic heterocycles.